The highest BCUT2D eigenvalue weighted by molar-refractivity contribution is 6.02. The zero-order valence-electron chi connectivity index (χ0n) is 21.9. The van der Waals surface area contributed by atoms with E-state index in [-0.39, 0.29) is 11.7 Å². The molecule has 0 spiro atoms. The van der Waals surface area contributed by atoms with Crippen molar-refractivity contribution in [2.45, 2.75) is 13.5 Å². The number of rotatable bonds is 8. The number of halogens is 1. The first-order valence-corrected chi connectivity index (χ1v) is 13.0. The molecule has 1 aromatic heterocycles. The standard InChI is InChI=1S/C32H31FN4O2/c1-23-3-12-29(13-4-23)39-30-14-10-28(11-15-30)35-32(38)31-16-7-26(21-34-31)24(2)37-19-17-36(18-20-37)22-25-5-8-27(33)9-6-25/h3-16,21H,2,17-20,22H2,1H3,(H,35,38). The summed E-state index contributed by atoms with van der Waals surface area (Å²) < 4.78 is 19.0. The Bertz CT molecular complexity index is 1410. The van der Waals surface area contributed by atoms with Crippen LogP contribution in [0.1, 0.15) is 27.2 Å². The fourth-order valence-electron chi connectivity index (χ4n) is 4.45. The molecule has 3 aromatic carbocycles. The molecule has 0 bridgehead atoms. The molecular weight excluding hydrogens is 491 g/mol. The first-order chi connectivity index (χ1) is 18.9. The molecule has 2 heterocycles. The van der Waals surface area contributed by atoms with E-state index in [9.17, 15) is 9.18 Å². The largest absolute Gasteiger partial charge is 0.457 e. The van der Waals surface area contributed by atoms with Crippen molar-refractivity contribution in [3.05, 3.63) is 126 Å². The van der Waals surface area contributed by atoms with Crippen LogP contribution in [-0.2, 0) is 6.54 Å². The molecule has 0 unspecified atom stereocenters. The first-order valence-electron chi connectivity index (χ1n) is 13.0. The van der Waals surface area contributed by atoms with Gasteiger partial charge in [0.15, 0.2) is 0 Å². The number of nitrogens with zero attached hydrogens (tertiary/aromatic N) is 3. The monoisotopic (exact) mass is 522 g/mol. The molecule has 4 aromatic rings. The number of anilines is 1. The highest BCUT2D eigenvalue weighted by Gasteiger charge is 2.19. The Balaban J connectivity index is 1.11. The van der Waals surface area contributed by atoms with Gasteiger partial charge in [-0.15, -0.1) is 0 Å². The normalized spacial score (nSPS) is 13.6. The quantitative estimate of drug-likeness (QED) is 0.292. The van der Waals surface area contributed by atoms with E-state index >= 15 is 0 Å². The van der Waals surface area contributed by atoms with Gasteiger partial charge in [-0.2, -0.15) is 0 Å². The summed E-state index contributed by atoms with van der Waals surface area (Å²) in [6.45, 7) is 10.5. The Morgan fingerprint density at radius 1 is 0.897 bits per heavy atom. The van der Waals surface area contributed by atoms with Crippen LogP contribution in [0, 0.1) is 12.7 Å². The predicted molar refractivity (Wildman–Crippen MR) is 152 cm³/mol. The number of hydrogen-bond donors (Lipinski definition) is 1. The number of piperazine rings is 1. The summed E-state index contributed by atoms with van der Waals surface area (Å²) in [6.07, 6.45) is 1.70. The minimum Gasteiger partial charge on any atom is -0.457 e. The Kier molecular flexibility index (Phi) is 7.99. The van der Waals surface area contributed by atoms with Crippen LogP contribution < -0.4 is 10.1 Å². The van der Waals surface area contributed by atoms with Gasteiger partial charge in [0.05, 0.1) is 0 Å². The second-order valence-corrected chi connectivity index (χ2v) is 9.66. The summed E-state index contributed by atoms with van der Waals surface area (Å²) in [5.41, 5.74) is 5.04. The molecule has 0 saturated carbocycles. The van der Waals surface area contributed by atoms with Crippen molar-refractivity contribution in [1.29, 1.82) is 0 Å². The average molecular weight is 523 g/mol. The van der Waals surface area contributed by atoms with Crippen LogP contribution in [0.3, 0.4) is 0 Å². The van der Waals surface area contributed by atoms with Gasteiger partial charge in [-0.25, -0.2) is 4.39 Å². The summed E-state index contributed by atoms with van der Waals surface area (Å²) >= 11 is 0. The molecule has 0 aliphatic carbocycles. The van der Waals surface area contributed by atoms with Crippen LogP contribution >= 0.6 is 0 Å². The number of pyridine rings is 1. The molecular formula is C32H31FN4O2. The van der Waals surface area contributed by atoms with Crippen molar-refractivity contribution in [3.63, 3.8) is 0 Å². The molecule has 1 amide bonds. The van der Waals surface area contributed by atoms with Gasteiger partial charge in [0.2, 0.25) is 0 Å². The number of nitrogens with one attached hydrogen (secondary N) is 1. The first kappa shape index (κ1) is 26.1. The second-order valence-electron chi connectivity index (χ2n) is 9.66. The van der Waals surface area contributed by atoms with E-state index in [1.54, 1.807) is 24.4 Å². The lowest BCUT2D eigenvalue weighted by atomic mass is 10.1. The maximum atomic E-state index is 13.2. The number of ether oxygens (including phenoxy) is 1. The Morgan fingerprint density at radius 2 is 1.54 bits per heavy atom. The van der Waals surface area contributed by atoms with E-state index < -0.39 is 0 Å². The third-order valence-corrected chi connectivity index (χ3v) is 6.77. The fraction of sp³-hybridized carbons (Fsp3) is 0.188. The summed E-state index contributed by atoms with van der Waals surface area (Å²) in [7, 11) is 0. The van der Waals surface area contributed by atoms with Crippen molar-refractivity contribution in [2.75, 3.05) is 31.5 Å². The molecule has 5 rings (SSSR count). The molecule has 1 saturated heterocycles. The third-order valence-electron chi connectivity index (χ3n) is 6.77. The number of carbonyl (C=O) groups is 1. The molecule has 1 N–H and O–H groups in total. The number of hydrogen-bond acceptors (Lipinski definition) is 5. The molecule has 39 heavy (non-hydrogen) atoms. The van der Waals surface area contributed by atoms with Crippen molar-refractivity contribution in [2.24, 2.45) is 0 Å². The van der Waals surface area contributed by atoms with E-state index in [1.807, 2.05) is 61.5 Å². The number of aromatic nitrogens is 1. The van der Waals surface area contributed by atoms with Gasteiger partial charge in [0.25, 0.3) is 5.91 Å². The maximum Gasteiger partial charge on any atom is 0.274 e. The summed E-state index contributed by atoms with van der Waals surface area (Å²) in [6, 6.07) is 25.3. The molecule has 1 fully saturated rings. The fourth-order valence-corrected chi connectivity index (χ4v) is 4.45. The minimum atomic E-state index is -0.284. The predicted octanol–water partition coefficient (Wildman–Crippen LogP) is 6.36. The van der Waals surface area contributed by atoms with E-state index in [4.69, 9.17) is 4.74 Å². The molecule has 6 nitrogen and oxygen atoms in total. The van der Waals surface area contributed by atoms with Gasteiger partial charge in [-0.3, -0.25) is 14.7 Å². The van der Waals surface area contributed by atoms with Crippen molar-refractivity contribution < 1.29 is 13.9 Å². The van der Waals surface area contributed by atoms with Crippen LogP contribution in [0.25, 0.3) is 5.70 Å². The van der Waals surface area contributed by atoms with Crippen molar-refractivity contribution in [1.82, 2.24) is 14.8 Å². The lowest BCUT2D eigenvalue weighted by Crippen LogP contribution is -2.44. The smallest absolute Gasteiger partial charge is 0.274 e. The lowest BCUT2D eigenvalue weighted by Gasteiger charge is -2.37. The van der Waals surface area contributed by atoms with Crippen LogP contribution in [0.4, 0.5) is 10.1 Å². The Morgan fingerprint density at radius 3 is 2.15 bits per heavy atom. The number of benzene rings is 3. The number of amides is 1. The highest BCUT2D eigenvalue weighted by atomic mass is 19.1. The second kappa shape index (κ2) is 11.9. The topological polar surface area (TPSA) is 57.7 Å². The van der Waals surface area contributed by atoms with E-state index in [0.29, 0.717) is 17.1 Å². The van der Waals surface area contributed by atoms with Gasteiger partial charge >= 0.3 is 0 Å². The van der Waals surface area contributed by atoms with Gasteiger partial charge in [0, 0.05) is 55.9 Å². The summed E-state index contributed by atoms with van der Waals surface area (Å²) in [4.78, 5) is 21.7. The highest BCUT2D eigenvalue weighted by Crippen LogP contribution is 2.24. The Hall–Kier alpha value is -4.49. The average Bonchev–Trinajstić information content (AvgIpc) is 2.96. The van der Waals surface area contributed by atoms with Crippen molar-refractivity contribution in [3.8, 4) is 11.5 Å². The van der Waals surface area contributed by atoms with Crippen LogP contribution in [0.15, 0.2) is 97.7 Å². The SMILES string of the molecule is C=C(c1ccc(C(=O)Nc2ccc(Oc3ccc(C)cc3)cc2)nc1)N1CCN(Cc2ccc(F)cc2)CC1. The van der Waals surface area contributed by atoms with Gasteiger partial charge in [-0.05, 0) is 73.2 Å². The van der Waals surface area contributed by atoms with Crippen molar-refractivity contribution >= 4 is 17.3 Å². The molecule has 0 atom stereocenters. The van der Waals surface area contributed by atoms with E-state index in [0.717, 1.165) is 55.3 Å². The maximum absolute atomic E-state index is 13.2. The molecule has 1 aliphatic heterocycles. The zero-order chi connectivity index (χ0) is 27.2. The number of carbonyl (C=O) groups excluding carboxylic acids is 1. The van der Waals surface area contributed by atoms with Crippen LogP contribution in [0.2, 0.25) is 0 Å². The van der Waals surface area contributed by atoms with Gasteiger partial charge < -0.3 is 15.0 Å². The Labute approximate surface area is 228 Å². The molecule has 1 aliphatic rings. The van der Waals surface area contributed by atoms with E-state index in [1.165, 1.54) is 17.7 Å². The minimum absolute atomic E-state index is 0.213. The third kappa shape index (κ3) is 6.89. The van der Waals surface area contributed by atoms with Gasteiger partial charge in [-0.1, -0.05) is 36.4 Å². The molecule has 198 valence electrons. The molecule has 0 radical (unpaired) electrons. The van der Waals surface area contributed by atoms with Crippen LogP contribution in [0.5, 0.6) is 11.5 Å². The zero-order valence-corrected chi connectivity index (χ0v) is 21.9. The number of aryl methyl sites for hydroxylation is 1. The lowest BCUT2D eigenvalue weighted by molar-refractivity contribution is 0.102. The van der Waals surface area contributed by atoms with E-state index in [2.05, 4.69) is 26.7 Å². The van der Waals surface area contributed by atoms with Crippen LogP contribution in [-0.4, -0.2) is 46.9 Å². The molecule has 7 heteroatoms. The summed E-state index contributed by atoms with van der Waals surface area (Å²) in [5, 5.41) is 2.88. The van der Waals surface area contributed by atoms with Gasteiger partial charge in [0.1, 0.15) is 23.0 Å². The summed E-state index contributed by atoms with van der Waals surface area (Å²) in [5.74, 6) is 0.952.